The van der Waals surface area contributed by atoms with Crippen molar-refractivity contribution in [1.82, 2.24) is 4.90 Å². The van der Waals surface area contributed by atoms with E-state index in [-0.39, 0.29) is 12.6 Å². The van der Waals surface area contributed by atoms with E-state index in [9.17, 15) is 0 Å². The van der Waals surface area contributed by atoms with Gasteiger partial charge in [0.05, 0.1) is 0 Å². The lowest BCUT2D eigenvalue weighted by Crippen LogP contribution is -2.33. The minimum atomic E-state index is 0.116. The lowest BCUT2D eigenvalue weighted by molar-refractivity contribution is 0.259. The van der Waals surface area contributed by atoms with E-state index >= 15 is 0 Å². The number of hydrogen-bond donors (Lipinski definition) is 2. The predicted octanol–water partition coefficient (Wildman–Crippen LogP) is -0.742. The van der Waals surface area contributed by atoms with Crippen LogP contribution in [0.25, 0.3) is 0 Å². The van der Waals surface area contributed by atoms with Crippen molar-refractivity contribution in [3.8, 4) is 0 Å². The number of nitrogens with two attached hydrogens (primary N) is 1. The van der Waals surface area contributed by atoms with E-state index in [1.807, 2.05) is 19.0 Å². The fourth-order valence-electron chi connectivity index (χ4n) is 0.726. The number of nitrogens with zero attached hydrogens (tertiary/aromatic N) is 1. The van der Waals surface area contributed by atoms with Gasteiger partial charge in [-0.15, -0.1) is 0 Å². The van der Waals surface area contributed by atoms with E-state index in [2.05, 4.69) is 0 Å². The first-order chi connectivity index (χ1) is 4.16. The minimum absolute atomic E-state index is 0.116. The molecular formula is C6H16N2O. The Kier molecular flexibility index (Phi) is 4.67. The summed E-state index contributed by atoms with van der Waals surface area (Å²) in [5.74, 6) is 0. The SMILES string of the molecule is CN(C)CC(N)CCO. The molecule has 0 saturated heterocycles. The molecule has 0 rings (SSSR count). The van der Waals surface area contributed by atoms with Crippen LogP contribution in [0.2, 0.25) is 0 Å². The third-order valence-corrected chi connectivity index (χ3v) is 1.10. The van der Waals surface area contributed by atoms with Gasteiger partial charge in [0.2, 0.25) is 0 Å². The number of aliphatic hydroxyl groups excluding tert-OH is 1. The first-order valence-corrected chi connectivity index (χ1v) is 3.18. The molecule has 0 heterocycles. The summed E-state index contributed by atoms with van der Waals surface area (Å²) in [6, 6.07) is 0.116. The van der Waals surface area contributed by atoms with Crippen LogP contribution in [0.15, 0.2) is 0 Å². The van der Waals surface area contributed by atoms with Gasteiger partial charge >= 0.3 is 0 Å². The summed E-state index contributed by atoms with van der Waals surface area (Å²) in [4.78, 5) is 2.01. The Morgan fingerprint density at radius 1 is 1.56 bits per heavy atom. The van der Waals surface area contributed by atoms with Gasteiger partial charge in [-0.3, -0.25) is 0 Å². The van der Waals surface area contributed by atoms with Gasteiger partial charge in [0.1, 0.15) is 0 Å². The molecule has 9 heavy (non-hydrogen) atoms. The van der Waals surface area contributed by atoms with Crippen LogP contribution in [-0.4, -0.2) is 43.3 Å². The largest absolute Gasteiger partial charge is 0.396 e. The Balaban J connectivity index is 3.15. The minimum Gasteiger partial charge on any atom is -0.396 e. The number of likely N-dealkylation sites (N-methyl/N-ethyl adjacent to an activating group) is 1. The van der Waals surface area contributed by atoms with Gasteiger partial charge in [0.15, 0.2) is 0 Å². The number of rotatable bonds is 4. The maximum Gasteiger partial charge on any atom is 0.0446 e. The van der Waals surface area contributed by atoms with E-state index in [0.717, 1.165) is 6.54 Å². The Labute approximate surface area is 56.5 Å². The fraction of sp³-hybridized carbons (Fsp3) is 1.00. The van der Waals surface area contributed by atoms with Gasteiger partial charge in [-0.1, -0.05) is 0 Å². The molecule has 56 valence electrons. The molecule has 0 aliphatic rings. The standard InChI is InChI=1S/C6H16N2O/c1-8(2)5-6(7)3-4-9/h6,9H,3-5,7H2,1-2H3. The molecule has 0 amide bonds. The summed E-state index contributed by atoms with van der Waals surface area (Å²) < 4.78 is 0. The summed E-state index contributed by atoms with van der Waals surface area (Å²) in [7, 11) is 3.94. The van der Waals surface area contributed by atoms with Crippen LogP contribution in [0.4, 0.5) is 0 Å². The van der Waals surface area contributed by atoms with Crippen LogP contribution in [-0.2, 0) is 0 Å². The van der Waals surface area contributed by atoms with E-state index in [1.54, 1.807) is 0 Å². The second kappa shape index (κ2) is 4.73. The molecule has 0 aromatic carbocycles. The summed E-state index contributed by atoms with van der Waals surface area (Å²) >= 11 is 0. The van der Waals surface area contributed by atoms with Crippen LogP contribution >= 0.6 is 0 Å². The molecule has 0 spiro atoms. The molecule has 1 unspecified atom stereocenters. The van der Waals surface area contributed by atoms with E-state index in [0.29, 0.717) is 6.42 Å². The highest BCUT2D eigenvalue weighted by Gasteiger charge is 2.00. The van der Waals surface area contributed by atoms with Crippen molar-refractivity contribution in [1.29, 1.82) is 0 Å². The fourth-order valence-corrected chi connectivity index (χ4v) is 0.726. The Morgan fingerprint density at radius 3 is 2.44 bits per heavy atom. The topological polar surface area (TPSA) is 49.5 Å². The van der Waals surface area contributed by atoms with Gasteiger partial charge in [-0.2, -0.15) is 0 Å². The molecule has 3 N–H and O–H groups in total. The van der Waals surface area contributed by atoms with Crippen LogP contribution < -0.4 is 5.73 Å². The highest BCUT2D eigenvalue weighted by molar-refractivity contribution is 4.62. The molecule has 0 aliphatic carbocycles. The second-order valence-corrected chi connectivity index (χ2v) is 2.53. The van der Waals surface area contributed by atoms with Crippen molar-refractivity contribution in [3.05, 3.63) is 0 Å². The summed E-state index contributed by atoms with van der Waals surface area (Å²) in [6.45, 7) is 1.04. The first-order valence-electron chi connectivity index (χ1n) is 3.18. The zero-order chi connectivity index (χ0) is 7.28. The third-order valence-electron chi connectivity index (χ3n) is 1.10. The maximum absolute atomic E-state index is 8.45. The molecule has 0 bridgehead atoms. The molecule has 1 atom stereocenters. The molecular weight excluding hydrogens is 116 g/mol. The molecule has 0 aliphatic heterocycles. The van der Waals surface area contributed by atoms with Gasteiger partial charge in [0, 0.05) is 19.2 Å². The average Bonchev–Trinajstić information content (AvgIpc) is 1.63. The van der Waals surface area contributed by atoms with E-state index in [4.69, 9.17) is 10.8 Å². The second-order valence-electron chi connectivity index (χ2n) is 2.53. The molecule has 3 heteroatoms. The molecule has 3 nitrogen and oxygen atoms in total. The van der Waals surface area contributed by atoms with Gasteiger partial charge in [-0.05, 0) is 20.5 Å². The van der Waals surface area contributed by atoms with Crippen molar-refractivity contribution in [2.24, 2.45) is 5.73 Å². The van der Waals surface area contributed by atoms with Crippen LogP contribution in [0.1, 0.15) is 6.42 Å². The van der Waals surface area contributed by atoms with Crippen molar-refractivity contribution in [3.63, 3.8) is 0 Å². The molecule has 0 aromatic rings. The monoisotopic (exact) mass is 132 g/mol. The zero-order valence-electron chi connectivity index (χ0n) is 6.17. The van der Waals surface area contributed by atoms with Crippen molar-refractivity contribution < 1.29 is 5.11 Å². The van der Waals surface area contributed by atoms with Crippen LogP contribution in [0.3, 0.4) is 0 Å². The maximum atomic E-state index is 8.45. The summed E-state index contributed by atoms with van der Waals surface area (Å²) in [5.41, 5.74) is 5.58. The molecule has 0 aromatic heterocycles. The van der Waals surface area contributed by atoms with Crippen molar-refractivity contribution in [2.45, 2.75) is 12.5 Å². The Morgan fingerprint density at radius 2 is 2.11 bits per heavy atom. The smallest absolute Gasteiger partial charge is 0.0446 e. The normalized spacial score (nSPS) is 14.3. The molecule has 0 saturated carbocycles. The molecule has 0 fully saturated rings. The lowest BCUT2D eigenvalue weighted by Gasteiger charge is -2.14. The Hall–Kier alpha value is -0.120. The lowest BCUT2D eigenvalue weighted by atomic mass is 10.2. The van der Waals surface area contributed by atoms with Crippen LogP contribution in [0, 0.1) is 0 Å². The quantitative estimate of drug-likeness (QED) is 0.529. The predicted molar refractivity (Wildman–Crippen MR) is 38.2 cm³/mol. The van der Waals surface area contributed by atoms with Gasteiger partial charge < -0.3 is 15.7 Å². The molecule has 0 radical (unpaired) electrons. The number of hydrogen-bond acceptors (Lipinski definition) is 3. The summed E-state index contributed by atoms with van der Waals surface area (Å²) in [5, 5.41) is 8.45. The highest BCUT2D eigenvalue weighted by atomic mass is 16.3. The van der Waals surface area contributed by atoms with Crippen molar-refractivity contribution >= 4 is 0 Å². The van der Waals surface area contributed by atoms with Crippen molar-refractivity contribution in [2.75, 3.05) is 27.2 Å². The average molecular weight is 132 g/mol. The zero-order valence-corrected chi connectivity index (χ0v) is 6.17. The van der Waals surface area contributed by atoms with Gasteiger partial charge in [-0.25, -0.2) is 0 Å². The summed E-state index contributed by atoms with van der Waals surface area (Å²) in [6.07, 6.45) is 0.693. The van der Waals surface area contributed by atoms with E-state index < -0.39 is 0 Å². The van der Waals surface area contributed by atoms with Gasteiger partial charge in [0.25, 0.3) is 0 Å². The van der Waals surface area contributed by atoms with E-state index in [1.165, 1.54) is 0 Å². The Bertz CT molecular complexity index is 66.1. The third kappa shape index (κ3) is 5.76. The highest BCUT2D eigenvalue weighted by Crippen LogP contribution is 1.87. The van der Waals surface area contributed by atoms with Crippen LogP contribution in [0.5, 0.6) is 0 Å². The first kappa shape index (κ1) is 8.88. The number of aliphatic hydroxyl groups is 1.